The van der Waals surface area contributed by atoms with Gasteiger partial charge < -0.3 is 0 Å². The summed E-state index contributed by atoms with van der Waals surface area (Å²) in [5.74, 6) is -0.507. The molecule has 0 heterocycles. The van der Waals surface area contributed by atoms with Gasteiger partial charge in [0.05, 0.1) is 11.6 Å². The van der Waals surface area contributed by atoms with Gasteiger partial charge in [0, 0.05) is 6.42 Å². The second-order valence-electron chi connectivity index (χ2n) is 2.60. The Hall–Kier alpha value is -1.69. The van der Waals surface area contributed by atoms with Crippen molar-refractivity contribution < 1.29 is 9.18 Å². The van der Waals surface area contributed by atoms with Gasteiger partial charge in [-0.05, 0) is 18.1 Å². The molecule has 0 aliphatic carbocycles. The lowest BCUT2D eigenvalue weighted by molar-refractivity contribution is 0.111. The summed E-state index contributed by atoms with van der Waals surface area (Å²) in [5.41, 5.74) is 0.474. The van der Waals surface area contributed by atoms with Crippen molar-refractivity contribution in [1.82, 2.24) is 0 Å². The summed E-state index contributed by atoms with van der Waals surface area (Å²) in [4.78, 5) is 10.3. The molecule has 3 heteroatoms. The van der Waals surface area contributed by atoms with Crippen LogP contribution in [0.3, 0.4) is 0 Å². The maximum absolute atomic E-state index is 13.3. The Morgan fingerprint density at radius 3 is 2.92 bits per heavy atom. The van der Waals surface area contributed by atoms with E-state index in [0.717, 1.165) is 0 Å². The summed E-state index contributed by atoms with van der Waals surface area (Å²) in [6.45, 7) is 0. The van der Waals surface area contributed by atoms with Crippen LogP contribution in [0.25, 0.3) is 0 Å². The highest BCUT2D eigenvalue weighted by molar-refractivity contribution is 5.75. The quantitative estimate of drug-likeness (QED) is 0.663. The highest BCUT2D eigenvalue weighted by Crippen LogP contribution is 2.12. The minimum Gasteiger partial charge on any atom is -0.298 e. The first kappa shape index (κ1) is 9.40. The number of hydrogen-bond donors (Lipinski definition) is 0. The fourth-order valence-corrected chi connectivity index (χ4v) is 1.07. The number of hydrogen-bond acceptors (Lipinski definition) is 2. The van der Waals surface area contributed by atoms with Gasteiger partial charge in [-0.15, -0.1) is 0 Å². The SMILES string of the molecule is N#CCCc1cccc(C=O)c1F. The minimum atomic E-state index is -0.507. The maximum Gasteiger partial charge on any atom is 0.153 e. The van der Waals surface area contributed by atoms with Crippen molar-refractivity contribution >= 4 is 6.29 Å². The van der Waals surface area contributed by atoms with E-state index in [0.29, 0.717) is 18.3 Å². The lowest BCUT2D eigenvalue weighted by atomic mass is 10.1. The molecule has 13 heavy (non-hydrogen) atoms. The summed E-state index contributed by atoms with van der Waals surface area (Å²) >= 11 is 0. The van der Waals surface area contributed by atoms with E-state index < -0.39 is 5.82 Å². The van der Waals surface area contributed by atoms with Crippen LogP contribution >= 0.6 is 0 Å². The van der Waals surface area contributed by atoms with Crippen LogP contribution in [-0.2, 0) is 6.42 Å². The van der Waals surface area contributed by atoms with E-state index in [4.69, 9.17) is 5.26 Å². The van der Waals surface area contributed by atoms with Crippen molar-refractivity contribution in [2.45, 2.75) is 12.8 Å². The monoisotopic (exact) mass is 177 g/mol. The normalized spacial score (nSPS) is 9.23. The molecule has 0 aliphatic heterocycles. The molecule has 66 valence electrons. The van der Waals surface area contributed by atoms with Crippen molar-refractivity contribution in [2.24, 2.45) is 0 Å². The number of carbonyl (C=O) groups excluding carboxylic acids is 1. The molecule has 0 N–H and O–H groups in total. The third-order valence-corrected chi connectivity index (χ3v) is 1.74. The van der Waals surface area contributed by atoms with Gasteiger partial charge in [0.15, 0.2) is 6.29 Å². The zero-order valence-corrected chi connectivity index (χ0v) is 6.96. The molecule has 2 nitrogen and oxygen atoms in total. The molecule has 0 spiro atoms. The topological polar surface area (TPSA) is 40.9 Å². The summed E-state index contributed by atoms with van der Waals surface area (Å²) < 4.78 is 13.3. The van der Waals surface area contributed by atoms with E-state index in [9.17, 15) is 9.18 Å². The number of rotatable bonds is 3. The highest BCUT2D eigenvalue weighted by Gasteiger charge is 2.05. The van der Waals surface area contributed by atoms with E-state index in [2.05, 4.69) is 0 Å². The van der Waals surface area contributed by atoms with Gasteiger partial charge in [-0.3, -0.25) is 4.79 Å². The number of aryl methyl sites for hydroxylation is 1. The lowest BCUT2D eigenvalue weighted by Crippen LogP contribution is -1.95. The number of aldehydes is 1. The number of carbonyl (C=O) groups is 1. The van der Waals surface area contributed by atoms with Crippen LogP contribution in [0.5, 0.6) is 0 Å². The lowest BCUT2D eigenvalue weighted by Gasteiger charge is -2.01. The van der Waals surface area contributed by atoms with Gasteiger partial charge in [0.1, 0.15) is 5.82 Å². The van der Waals surface area contributed by atoms with Crippen LogP contribution in [0.2, 0.25) is 0 Å². The van der Waals surface area contributed by atoms with Gasteiger partial charge in [0.2, 0.25) is 0 Å². The molecule has 0 fully saturated rings. The van der Waals surface area contributed by atoms with Crippen LogP contribution < -0.4 is 0 Å². The third kappa shape index (κ3) is 2.12. The van der Waals surface area contributed by atoms with Crippen molar-refractivity contribution in [3.05, 3.63) is 35.1 Å². The number of nitriles is 1. The molecule has 0 atom stereocenters. The van der Waals surface area contributed by atoms with Gasteiger partial charge in [-0.25, -0.2) is 4.39 Å². The summed E-state index contributed by atoms with van der Waals surface area (Å²) in [7, 11) is 0. The van der Waals surface area contributed by atoms with Crippen molar-refractivity contribution in [1.29, 1.82) is 5.26 Å². The first-order chi connectivity index (χ1) is 6.29. The van der Waals surface area contributed by atoms with Crippen LogP contribution in [0.4, 0.5) is 4.39 Å². The summed E-state index contributed by atoms with van der Waals surface area (Å²) in [5, 5.41) is 8.30. The maximum atomic E-state index is 13.3. The van der Waals surface area contributed by atoms with E-state index in [1.807, 2.05) is 6.07 Å². The predicted molar refractivity (Wildman–Crippen MR) is 45.7 cm³/mol. The van der Waals surface area contributed by atoms with E-state index in [1.54, 1.807) is 12.1 Å². The van der Waals surface area contributed by atoms with Crippen molar-refractivity contribution in [2.75, 3.05) is 0 Å². The van der Waals surface area contributed by atoms with Gasteiger partial charge in [-0.1, -0.05) is 12.1 Å². The average Bonchev–Trinajstić information content (AvgIpc) is 2.16. The zero-order chi connectivity index (χ0) is 9.68. The predicted octanol–water partition coefficient (Wildman–Crippen LogP) is 2.09. The molecular formula is C10H8FNO. The van der Waals surface area contributed by atoms with Crippen molar-refractivity contribution in [3.63, 3.8) is 0 Å². The molecule has 0 unspecified atom stereocenters. The number of nitrogens with zero attached hydrogens (tertiary/aromatic N) is 1. The molecular weight excluding hydrogens is 169 g/mol. The Bertz CT molecular complexity index is 354. The van der Waals surface area contributed by atoms with Gasteiger partial charge >= 0.3 is 0 Å². The van der Waals surface area contributed by atoms with E-state index >= 15 is 0 Å². The highest BCUT2D eigenvalue weighted by atomic mass is 19.1. The van der Waals surface area contributed by atoms with E-state index in [-0.39, 0.29) is 12.0 Å². The largest absolute Gasteiger partial charge is 0.298 e. The van der Waals surface area contributed by atoms with Gasteiger partial charge in [0.25, 0.3) is 0 Å². The fourth-order valence-electron chi connectivity index (χ4n) is 1.07. The third-order valence-electron chi connectivity index (χ3n) is 1.74. The smallest absolute Gasteiger partial charge is 0.153 e. The molecule has 1 aromatic carbocycles. The van der Waals surface area contributed by atoms with Gasteiger partial charge in [-0.2, -0.15) is 5.26 Å². The summed E-state index contributed by atoms with van der Waals surface area (Å²) in [6.07, 6.45) is 1.09. The molecule has 0 radical (unpaired) electrons. The Kier molecular flexibility index (Phi) is 3.15. The average molecular weight is 177 g/mol. The zero-order valence-electron chi connectivity index (χ0n) is 6.96. The Labute approximate surface area is 75.6 Å². The molecule has 1 aromatic rings. The number of halogens is 1. The second-order valence-corrected chi connectivity index (χ2v) is 2.60. The van der Waals surface area contributed by atoms with Crippen LogP contribution in [0.15, 0.2) is 18.2 Å². The Morgan fingerprint density at radius 1 is 1.54 bits per heavy atom. The minimum absolute atomic E-state index is 0.0513. The standard InChI is InChI=1S/C10H8FNO/c11-10-8(5-2-6-12)3-1-4-9(10)7-13/h1,3-4,7H,2,5H2. The molecule has 0 amide bonds. The molecule has 0 saturated heterocycles. The molecule has 0 saturated carbocycles. The Morgan fingerprint density at radius 2 is 2.31 bits per heavy atom. The molecule has 0 aromatic heterocycles. The first-order valence-corrected chi connectivity index (χ1v) is 3.89. The van der Waals surface area contributed by atoms with E-state index in [1.165, 1.54) is 6.07 Å². The number of benzene rings is 1. The van der Waals surface area contributed by atoms with Crippen LogP contribution in [0, 0.1) is 17.1 Å². The fraction of sp³-hybridized carbons (Fsp3) is 0.200. The Balaban J connectivity index is 2.95. The first-order valence-electron chi connectivity index (χ1n) is 3.89. The molecule has 1 rings (SSSR count). The van der Waals surface area contributed by atoms with Crippen LogP contribution in [-0.4, -0.2) is 6.29 Å². The molecule has 0 aliphatic rings. The second kappa shape index (κ2) is 4.36. The van der Waals surface area contributed by atoms with Crippen molar-refractivity contribution in [3.8, 4) is 6.07 Å². The van der Waals surface area contributed by atoms with Crippen LogP contribution in [0.1, 0.15) is 22.3 Å². The molecule has 0 bridgehead atoms. The summed E-state index contributed by atoms with van der Waals surface area (Å²) in [6, 6.07) is 6.53.